The summed E-state index contributed by atoms with van der Waals surface area (Å²) in [4.78, 5) is 22.8. The van der Waals surface area contributed by atoms with Crippen LogP contribution in [-0.2, 0) is 21.2 Å². The highest BCUT2D eigenvalue weighted by atomic mass is 32.2. The van der Waals surface area contributed by atoms with Gasteiger partial charge >= 0.3 is 0 Å². The van der Waals surface area contributed by atoms with Crippen LogP contribution in [0.25, 0.3) is 0 Å². The molecular weight excluding hydrogens is 502 g/mol. The molecule has 0 radical (unpaired) electrons. The molecule has 37 heavy (non-hydrogen) atoms. The summed E-state index contributed by atoms with van der Waals surface area (Å²) in [7, 11) is -0.690. The smallest absolute Gasteiger partial charge is 0.274 e. The van der Waals surface area contributed by atoms with Crippen molar-refractivity contribution >= 4 is 27.3 Å². The number of nitrogens with one attached hydrogen (secondary N) is 2. The zero-order valence-electron chi connectivity index (χ0n) is 20.5. The second-order valence-electron chi connectivity index (χ2n) is 7.85. The van der Waals surface area contributed by atoms with Crippen molar-refractivity contribution in [2.45, 2.75) is 18.2 Å². The Balaban J connectivity index is 1.52. The number of nitrogens with zero attached hydrogens (tertiary/aromatic N) is 1. The zero-order valence-corrected chi connectivity index (χ0v) is 21.3. The molecule has 3 aromatic carbocycles. The van der Waals surface area contributed by atoms with E-state index < -0.39 is 20.9 Å². The molecule has 0 aliphatic carbocycles. The Bertz CT molecular complexity index is 1380. The SMILES string of the molecule is COc1ccc(CCNS(=O)(=O)c2ccc(OCC(=O)Nc3cccc([N+](=O)[O-])c3C)cc2)cc1OC. The monoisotopic (exact) mass is 529 g/mol. The molecule has 3 rings (SSSR count). The third-order valence-corrected chi connectivity index (χ3v) is 6.91. The molecule has 0 saturated carbocycles. The lowest BCUT2D eigenvalue weighted by molar-refractivity contribution is -0.385. The summed E-state index contributed by atoms with van der Waals surface area (Å²) >= 11 is 0. The Kier molecular flexibility index (Phi) is 9.04. The lowest BCUT2D eigenvalue weighted by Gasteiger charge is -2.11. The number of hydrogen-bond acceptors (Lipinski definition) is 8. The van der Waals surface area contributed by atoms with Crippen molar-refractivity contribution in [3.63, 3.8) is 0 Å². The Hall–Kier alpha value is -4.16. The van der Waals surface area contributed by atoms with Gasteiger partial charge < -0.3 is 19.5 Å². The molecule has 0 atom stereocenters. The van der Waals surface area contributed by atoms with Gasteiger partial charge in [-0.15, -0.1) is 0 Å². The lowest BCUT2D eigenvalue weighted by atomic mass is 10.1. The summed E-state index contributed by atoms with van der Waals surface area (Å²) in [6.07, 6.45) is 0.444. The fourth-order valence-electron chi connectivity index (χ4n) is 3.46. The van der Waals surface area contributed by atoms with Crippen LogP contribution in [0.15, 0.2) is 65.6 Å². The molecule has 0 unspecified atom stereocenters. The van der Waals surface area contributed by atoms with Crippen LogP contribution in [0.3, 0.4) is 0 Å². The summed E-state index contributed by atoms with van der Waals surface area (Å²) in [6.45, 7) is 1.35. The minimum atomic E-state index is -3.76. The maximum atomic E-state index is 12.6. The molecule has 0 heterocycles. The van der Waals surface area contributed by atoms with Crippen molar-refractivity contribution < 1.29 is 32.3 Å². The van der Waals surface area contributed by atoms with Crippen LogP contribution in [0.2, 0.25) is 0 Å². The van der Waals surface area contributed by atoms with Crippen LogP contribution in [-0.4, -0.2) is 46.6 Å². The van der Waals surface area contributed by atoms with Gasteiger partial charge in [-0.1, -0.05) is 12.1 Å². The highest BCUT2D eigenvalue weighted by Gasteiger charge is 2.16. The molecule has 1 amide bonds. The molecule has 0 aliphatic heterocycles. The minimum absolute atomic E-state index is 0.0452. The number of sulfonamides is 1. The molecule has 0 bridgehead atoms. The van der Waals surface area contributed by atoms with Crippen LogP contribution >= 0.6 is 0 Å². The molecule has 3 aromatic rings. The number of benzene rings is 3. The third kappa shape index (κ3) is 7.18. The van der Waals surface area contributed by atoms with Gasteiger partial charge in [0.15, 0.2) is 18.1 Å². The summed E-state index contributed by atoms with van der Waals surface area (Å²) < 4.78 is 43.7. The van der Waals surface area contributed by atoms with E-state index in [2.05, 4.69) is 10.0 Å². The van der Waals surface area contributed by atoms with E-state index >= 15 is 0 Å². The number of rotatable bonds is 12. The number of anilines is 1. The third-order valence-electron chi connectivity index (χ3n) is 5.43. The molecule has 0 fully saturated rings. The Morgan fingerprint density at radius 2 is 1.70 bits per heavy atom. The molecule has 11 nitrogen and oxygen atoms in total. The Morgan fingerprint density at radius 1 is 1.00 bits per heavy atom. The van der Waals surface area contributed by atoms with Crippen LogP contribution in [0, 0.1) is 17.0 Å². The van der Waals surface area contributed by atoms with E-state index in [9.17, 15) is 23.3 Å². The molecule has 0 saturated heterocycles. The van der Waals surface area contributed by atoms with E-state index in [1.54, 1.807) is 18.2 Å². The number of carbonyl (C=O) groups is 1. The number of nitro benzene ring substituents is 1. The van der Waals surface area contributed by atoms with Crippen molar-refractivity contribution in [2.24, 2.45) is 0 Å². The predicted molar refractivity (Wildman–Crippen MR) is 137 cm³/mol. The summed E-state index contributed by atoms with van der Waals surface area (Å²) in [6, 6.07) is 15.4. The largest absolute Gasteiger partial charge is 0.493 e. The van der Waals surface area contributed by atoms with Crippen LogP contribution in [0.1, 0.15) is 11.1 Å². The van der Waals surface area contributed by atoms with Crippen molar-refractivity contribution in [1.29, 1.82) is 0 Å². The normalized spacial score (nSPS) is 11.0. The second kappa shape index (κ2) is 12.2. The first-order chi connectivity index (χ1) is 17.6. The number of amides is 1. The van der Waals surface area contributed by atoms with Crippen LogP contribution < -0.4 is 24.2 Å². The van der Waals surface area contributed by atoms with E-state index in [1.807, 2.05) is 6.07 Å². The van der Waals surface area contributed by atoms with Crippen molar-refractivity contribution in [3.05, 3.63) is 81.9 Å². The summed E-state index contributed by atoms with van der Waals surface area (Å²) in [5.74, 6) is 0.922. The fraction of sp³-hybridized carbons (Fsp3) is 0.240. The van der Waals surface area contributed by atoms with Gasteiger partial charge in [0.1, 0.15) is 5.75 Å². The number of methoxy groups -OCH3 is 2. The zero-order chi connectivity index (χ0) is 27.0. The maximum Gasteiger partial charge on any atom is 0.274 e. The number of ether oxygens (including phenoxy) is 3. The fourth-order valence-corrected chi connectivity index (χ4v) is 4.49. The van der Waals surface area contributed by atoms with E-state index in [1.165, 1.54) is 57.5 Å². The van der Waals surface area contributed by atoms with Crippen molar-refractivity contribution in [3.8, 4) is 17.2 Å². The second-order valence-corrected chi connectivity index (χ2v) is 9.62. The number of nitro groups is 1. The molecular formula is C25H27N3O8S. The first-order valence-electron chi connectivity index (χ1n) is 11.1. The maximum absolute atomic E-state index is 12.6. The molecule has 0 spiro atoms. The number of hydrogen-bond donors (Lipinski definition) is 2. The first kappa shape index (κ1) is 27.4. The minimum Gasteiger partial charge on any atom is -0.493 e. The lowest BCUT2D eigenvalue weighted by Crippen LogP contribution is -2.26. The van der Waals surface area contributed by atoms with Gasteiger partial charge in [0, 0.05) is 12.6 Å². The Morgan fingerprint density at radius 3 is 2.35 bits per heavy atom. The van der Waals surface area contributed by atoms with E-state index in [0.29, 0.717) is 29.2 Å². The topological polar surface area (TPSA) is 146 Å². The highest BCUT2D eigenvalue weighted by molar-refractivity contribution is 7.89. The van der Waals surface area contributed by atoms with Crippen molar-refractivity contribution in [1.82, 2.24) is 4.72 Å². The van der Waals surface area contributed by atoms with Crippen LogP contribution in [0.5, 0.6) is 17.2 Å². The molecule has 196 valence electrons. The molecule has 12 heteroatoms. The van der Waals surface area contributed by atoms with Crippen molar-refractivity contribution in [2.75, 3.05) is 32.7 Å². The molecule has 0 aliphatic rings. The quantitative estimate of drug-likeness (QED) is 0.268. The summed E-state index contributed by atoms with van der Waals surface area (Å²) in [5.41, 5.74) is 1.41. The van der Waals surface area contributed by atoms with E-state index in [-0.39, 0.29) is 29.5 Å². The van der Waals surface area contributed by atoms with Crippen LogP contribution in [0.4, 0.5) is 11.4 Å². The highest BCUT2D eigenvalue weighted by Crippen LogP contribution is 2.28. The molecule has 0 aromatic heterocycles. The Labute approximate surface area is 214 Å². The van der Waals surface area contributed by atoms with Gasteiger partial charge in [0.05, 0.1) is 35.3 Å². The van der Waals surface area contributed by atoms with E-state index in [0.717, 1.165) is 5.56 Å². The van der Waals surface area contributed by atoms with Gasteiger partial charge in [-0.05, 0) is 61.4 Å². The van der Waals surface area contributed by atoms with Gasteiger partial charge in [-0.3, -0.25) is 14.9 Å². The average molecular weight is 530 g/mol. The van der Waals surface area contributed by atoms with Gasteiger partial charge in [0.2, 0.25) is 10.0 Å². The first-order valence-corrected chi connectivity index (χ1v) is 12.6. The van der Waals surface area contributed by atoms with Gasteiger partial charge in [-0.2, -0.15) is 0 Å². The van der Waals surface area contributed by atoms with Gasteiger partial charge in [-0.25, -0.2) is 13.1 Å². The predicted octanol–water partition coefficient (Wildman–Crippen LogP) is 3.46. The summed E-state index contributed by atoms with van der Waals surface area (Å²) in [5, 5.41) is 13.6. The average Bonchev–Trinajstić information content (AvgIpc) is 2.88. The standard InChI is InChI=1S/C25H27N3O8S/c1-17-21(5-4-6-22(17)28(30)31)27-25(29)16-36-19-8-10-20(11-9-19)37(32,33)26-14-13-18-7-12-23(34-2)24(15-18)35-3/h4-12,15,26H,13-14,16H2,1-3H3,(H,27,29). The van der Waals surface area contributed by atoms with E-state index in [4.69, 9.17) is 14.2 Å². The molecule has 2 N–H and O–H groups in total. The number of carbonyl (C=O) groups excluding carboxylic acids is 1. The van der Waals surface area contributed by atoms with Gasteiger partial charge in [0.25, 0.3) is 11.6 Å².